The van der Waals surface area contributed by atoms with Crippen LogP contribution in [0.15, 0.2) is 18.2 Å². The number of ether oxygens (including phenoxy) is 3. The summed E-state index contributed by atoms with van der Waals surface area (Å²) in [5, 5.41) is 0. The molecule has 0 N–H and O–H groups in total. The molecule has 3 rings (SSSR count). The lowest BCUT2D eigenvalue weighted by molar-refractivity contribution is -0.153. The fraction of sp³-hybridized carbons (Fsp3) is 0.636. The number of rotatable bonds is 7. The molecule has 0 radical (unpaired) electrons. The van der Waals surface area contributed by atoms with Gasteiger partial charge in [-0.15, -0.1) is 0 Å². The minimum Gasteiger partial charge on any atom is -0.493 e. The van der Waals surface area contributed by atoms with Gasteiger partial charge >= 0.3 is 12.1 Å². The number of halogens is 3. The number of carbonyl (C=O) groups excluding carboxylic acids is 2. The maximum atomic E-state index is 13.1. The van der Waals surface area contributed by atoms with E-state index in [0.29, 0.717) is 18.8 Å². The summed E-state index contributed by atoms with van der Waals surface area (Å²) in [5.74, 6) is 0.00381. The summed E-state index contributed by atoms with van der Waals surface area (Å²) in [4.78, 5) is 27.1. The van der Waals surface area contributed by atoms with Crippen molar-refractivity contribution in [2.45, 2.75) is 63.2 Å². The monoisotopic (exact) mass is 443 g/mol. The van der Waals surface area contributed by atoms with E-state index in [1.54, 1.807) is 17.0 Å². The van der Waals surface area contributed by atoms with Crippen LogP contribution in [0.25, 0.3) is 0 Å². The Hall–Kier alpha value is -2.45. The predicted octanol–water partition coefficient (Wildman–Crippen LogP) is 3.90. The van der Waals surface area contributed by atoms with E-state index in [1.165, 1.54) is 20.3 Å². The minimum atomic E-state index is -4.45. The average Bonchev–Trinajstić information content (AvgIpc) is 3.14. The van der Waals surface area contributed by atoms with Gasteiger partial charge in [-0.1, -0.05) is 18.9 Å². The number of carbonyl (C=O) groups is 2. The molecular weight excluding hydrogens is 415 g/mol. The van der Waals surface area contributed by atoms with E-state index >= 15 is 0 Å². The van der Waals surface area contributed by atoms with Gasteiger partial charge in [-0.2, -0.15) is 13.2 Å². The minimum absolute atomic E-state index is 0.00903. The summed E-state index contributed by atoms with van der Waals surface area (Å²) in [6.07, 6.45) is 0.802. The van der Waals surface area contributed by atoms with Crippen molar-refractivity contribution >= 4 is 11.9 Å². The number of aryl methyl sites for hydroxylation is 1. The molecule has 1 aliphatic carbocycles. The van der Waals surface area contributed by atoms with Gasteiger partial charge in [0.1, 0.15) is 6.04 Å². The van der Waals surface area contributed by atoms with Crippen molar-refractivity contribution in [1.29, 1.82) is 0 Å². The van der Waals surface area contributed by atoms with Crippen molar-refractivity contribution in [2.75, 3.05) is 20.8 Å². The number of hydrogen-bond acceptors (Lipinski definition) is 5. The molecule has 1 aromatic rings. The van der Waals surface area contributed by atoms with Crippen molar-refractivity contribution in [3.8, 4) is 11.5 Å². The topological polar surface area (TPSA) is 65.1 Å². The zero-order valence-corrected chi connectivity index (χ0v) is 17.7. The number of amides is 1. The highest BCUT2D eigenvalue weighted by Gasteiger charge is 2.47. The quantitative estimate of drug-likeness (QED) is 0.598. The fourth-order valence-electron chi connectivity index (χ4n) is 4.69. The Balaban J connectivity index is 1.66. The van der Waals surface area contributed by atoms with E-state index in [9.17, 15) is 22.8 Å². The Kier molecular flexibility index (Phi) is 7.33. The van der Waals surface area contributed by atoms with Crippen molar-refractivity contribution in [1.82, 2.24) is 4.90 Å². The van der Waals surface area contributed by atoms with Crippen molar-refractivity contribution < 1.29 is 37.0 Å². The fourth-order valence-corrected chi connectivity index (χ4v) is 4.69. The highest BCUT2D eigenvalue weighted by molar-refractivity contribution is 5.85. The second-order valence-corrected chi connectivity index (χ2v) is 8.08. The second kappa shape index (κ2) is 9.78. The van der Waals surface area contributed by atoms with Crippen LogP contribution in [0.4, 0.5) is 13.2 Å². The van der Waals surface area contributed by atoms with E-state index < -0.39 is 18.8 Å². The van der Waals surface area contributed by atoms with Gasteiger partial charge < -0.3 is 19.1 Å². The smallest absolute Gasteiger partial charge is 0.422 e. The number of likely N-dealkylation sites (tertiary alicyclic amines) is 1. The van der Waals surface area contributed by atoms with Gasteiger partial charge in [0.05, 0.1) is 14.2 Å². The molecule has 1 aliphatic heterocycles. The number of benzene rings is 1. The molecule has 0 aromatic heterocycles. The van der Waals surface area contributed by atoms with Crippen LogP contribution in [0, 0.1) is 5.92 Å². The molecule has 1 aromatic carbocycles. The van der Waals surface area contributed by atoms with Crippen LogP contribution in [0.1, 0.15) is 44.1 Å². The summed E-state index contributed by atoms with van der Waals surface area (Å²) in [6.45, 7) is -1.41. The van der Waals surface area contributed by atoms with Crippen LogP contribution >= 0.6 is 0 Å². The first-order valence-corrected chi connectivity index (χ1v) is 10.5. The van der Waals surface area contributed by atoms with Crippen LogP contribution in [0.5, 0.6) is 11.5 Å². The Labute approximate surface area is 179 Å². The number of hydrogen-bond donors (Lipinski definition) is 0. The number of alkyl halides is 3. The third-order valence-electron chi connectivity index (χ3n) is 6.10. The molecule has 1 amide bonds. The van der Waals surface area contributed by atoms with Crippen LogP contribution < -0.4 is 9.47 Å². The average molecular weight is 443 g/mol. The maximum Gasteiger partial charge on any atom is 0.422 e. The number of methoxy groups -OCH3 is 2. The zero-order chi connectivity index (χ0) is 22.6. The van der Waals surface area contributed by atoms with Gasteiger partial charge in [0, 0.05) is 12.5 Å². The maximum absolute atomic E-state index is 13.1. The van der Waals surface area contributed by atoms with Gasteiger partial charge in [-0.05, 0) is 49.3 Å². The van der Waals surface area contributed by atoms with Gasteiger partial charge in [-0.25, -0.2) is 4.79 Å². The molecule has 9 heteroatoms. The molecule has 2 aliphatic rings. The molecule has 3 atom stereocenters. The highest BCUT2D eigenvalue weighted by atomic mass is 19.4. The summed E-state index contributed by atoms with van der Waals surface area (Å²) < 4.78 is 52.1. The molecule has 31 heavy (non-hydrogen) atoms. The zero-order valence-electron chi connectivity index (χ0n) is 17.7. The van der Waals surface area contributed by atoms with Crippen molar-refractivity contribution in [3.05, 3.63) is 23.8 Å². The Morgan fingerprint density at radius 2 is 1.87 bits per heavy atom. The molecule has 1 heterocycles. The lowest BCUT2D eigenvalue weighted by atomic mass is 9.84. The summed E-state index contributed by atoms with van der Waals surface area (Å²) in [6, 6.07) is 4.13. The Bertz CT molecular complexity index is 798. The molecule has 1 saturated carbocycles. The first kappa shape index (κ1) is 23.2. The molecular formula is C22H28F3NO5. The third-order valence-corrected chi connectivity index (χ3v) is 6.10. The lowest BCUT2D eigenvalue weighted by Crippen LogP contribution is -2.46. The first-order valence-electron chi connectivity index (χ1n) is 10.5. The van der Waals surface area contributed by atoms with Gasteiger partial charge in [-0.3, -0.25) is 4.79 Å². The van der Waals surface area contributed by atoms with Crippen LogP contribution in [-0.4, -0.2) is 55.9 Å². The number of esters is 1. The van der Waals surface area contributed by atoms with Gasteiger partial charge in [0.25, 0.3) is 0 Å². The third kappa shape index (κ3) is 5.62. The summed E-state index contributed by atoms with van der Waals surface area (Å²) >= 11 is 0. The molecule has 6 nitrogen and oxygen atoms in total. The predicted molar refractivity (Wildman–Crippen MR) is 106 cm³/mol. The molecule has 172 valence electrons. The molecule has 2 fully saturated rings. The Morgan fingerprint density at radius 3 is 2.55 bits per heavy atom. The van der Waals surface area contributed by atoms with E-state index in [-0.39, 0.29) is 35.8 Å². The summed E-state index contributed by atoms with van der Waals surface area (Å²) in [5.41, 5.74) is 0.735. The molecule has 3 unspecified atom stereocenters. The normalized spacial score (nSPS) is 23.3. The van der Waals surface area contributed by atoms with Crippen molar-refractivity contribution in [2.24, 2.45) is 5.92 Å². The highest BCUT2D eigenvalue weighted by Crippen LogP contribution is 2.40. The SMILES string of the molecule is COC(=O)C1CC2CCCCC2N1C(=O)CCc1ccc(OCC(F)(F)F)c(OC)c1. The number of fused-ring (bicyclic) bond motifs is 1. The second-order valence-electron chi connectivity index (χ2n) is 8.08. The molecule has 1 saturated heterocycles. The lowest BCUT2D eigenvalue weighted by Gasteiger charge is -2.33. The first-order chi connectivity index (χ1) is 14.7. The van der Waals surface area contributed by atoms with E-state index in [2.05, 4.69) is 0 Å². The molecule has 0 bridgehead atoms. The van der Waals surface area contributed by atoms with Gasteiger partial charge in [0.15, 0.2) is 18.1 Å². The van der Waals surface area contributed by atoms with E-state index in [1.807, 2.05) is 0 Å². The van der Waals surface area contributed by atoms with Crippen molar-refractivity contribution in [3.63, 3.8) is 0 Å². The Morgan fingerprint density at radius 1 is 1.13 bits per heavy atom. The van der Waals surface area contributed by atoms with E-state index in [4.69, 9.17) is 14.2 Å². The standard InChI is InChI=1S/C22H28F3NO5/c1-29-19-11-14(7-9-18(19)31-13-22(23,24)25)8-10-20(27)26-16-6-4-3-5-15(16)12-17(26)21(28)30-2/h7,9,11,15-17H,3-6,8,10,12-13H2,1-2H3. The van der Waals surface area contributed by atoms with Crippen LogP contribution in [-0.2, 0) is 20.7 Å². The van der Waals surface area contributed by atoms with Crippen LogP contribution in [0.3, 0.4) is 0 Å². The molecule has 0 spiro atoms. The largest absolute Gasteiger partial charge is 0.493 e. The van der Waals surface area contributed by atoms with Gasteiger partial charge in [0.2, 0.25) is 5.91 Å². The number of nitrogens with zero attached hydrogens (tertiary/aromatic N) is 1. The van der Waals surface area contributed by atoms with Crippen LogP contribution in [0.2, 0.25) is 0 Å². The van der Waals surface area contributed by atoms with E-state index in [0.717, 1.165) is 31.2 Å². The summed E-state index contributed by atoms with van der Waals surface area (Å²) in [7, 11) is 2.68.